The Morgan fingerprint density at radius 3 is 2.93 bits per heavy atom. The maximum absolute atomic E-state index is 12.3. The highest BCUT2D eigenvalue weighted by molar-refractivity contribution is 6.02. The van der Waals surface area contributed by atoms with E-state index in [1.54, 1.807) is 6.08 Å². The molecule has 2 aromatic heterocycles. The average molecular weight is 372 g/mol. The van der Waals surface area contributed by atoms with Crippen LogP contribution in [0.15, 0.2) is 59.0 Å². The molecule has 0 aliphatic heterocycles. The van der Waals surface area contributed by atoms with Gasteiger partial charge >= 0.3 is 0 Å². The maximum atomic E-state index is 12.3. The monoisotopic (exact) mass is 372 g/mol. The summed E-state index contributed by atoms with van der Waals surface area (Å²) in [4.78, 5) is 16.6. The Morgan fingerprint density at radius 2 is 2.07 bits per heavy atom. The summed E-state index contributed by atoms with van der Waals surface area (Å²) in [5, 5.41) is 14.8. The maximum Gasteiger partial charge on any atom is 0.248 e. The Kier molecular flexibility index (Phi) is 3.93. The first-order chi connectivity index (χ1) is 13.8. The largest absolute Gasteiger partial charge is 0.437 e. The van der Waals surface area contributed by atoms with Gasteiger partial charge in [0.15, 0.2) is 11.4 Å². The third-order valence-corrected chi connectivity index (χ3v) is 4.46. The van der Waals surface area contributed by atoms with Gasteiger partial charge in [-0.3, -0.25) is 4.79 Å². The second-order valence-electron chi connectivity index (χ2n) is 6.60. The number of amides is 1. The summed E-state index contributed by atoms with van der Waals surface area (Å²) in [7, 11) is 0. The quantitative estimate of drug-likeness (QED) is 0.539. The molecule has 1 aliphatic rings. The molecule has 0 atom stereocenters. The van der Waals surface area contributed by atoms with Gasteiger partial charge in [0.05, 0.1) is 6.04 Å². The van der Waals surface area contributed by atoms with Crippen LogP contribution < -0.4 is 5.32 Å². The molecular weight excluding hydrogens is 356 g/mol. The summed E-state index contributed by atoms with van der Waals surface area (Å²) in [5.41, 5.74) is 2.96. The van der Waals surface area contributed by atoms with Crippen LogP contribution in [0.2, 0.25) is 0 Å². The van der Waals surface area contributed by atoms with Crippen molar-refractivity contribution < 1.29 is 9.21 Å². The Bertz CT molecular complexity index is 1160. The molecule has 28 heavy (non-hydrogen) atoms. The van der Waals surface area contributed by atoms with Crippen molar-refractivity contribution in [2.45, 2.75) is 18.9 Å². The van der Waals surface area contributed by atoms with Crippen LogP contribution in [0.1, 0.15) is 24.8 Å². The van der Waals surface area contributed by atoms with Crippen molar-refractivity contribution in [3.63, 3.8) is 0 Å². The second kappa shape index (κ2) is 6.73. The van der Waals surface area contributed by atoms with Gasteiger partial charge in [-0.2, -0.15) is 0 Å². The van der Waals surface area contributed by atoms with Crippen LogP contribution in [0.25, 0.3) is 28.6 Å². The number of hydrogen-bond acceptors (Lipinski definition) is 6. The third kappa shape index (κ3) is 3.27. The molecule has 0 saturated heterocycles. The van der Waals surface area contributed by atoms with E-state index in [4.69, 9.17) is 4.42 Å². The highest BCUT2D eigenvalue weighted by atomic mass is 16.3. The number of anilines is 1. The average Bonchev–Trinajstić information content (AvgIpc) is 3.28. The predicted molar refractivity (Wildman–Crippen MR) is 103 cm³/mol. The molecule has 0 spiro atoms. The smallest absolute Gasteiger partial charge is 0.248 e. The van der Waals surface area contributed by atoms with E-state index in [-0.39, 0.29) is 5.91 Å². The van der Waals surface area contributed by atoms with Crippen LogP contribution in [0.4, 0.5) is 5.69 Å². The number of hydrogen-bond donors (Lipinski definition) is 1. The first-order valence-corrected chi connectivity index (χ1v) is 8.99. The molecule has 0 unspecified atom stereocenters. The Balaban J connectivity index is 1.31. The number of aromatic nitrogens is 5. The van der Waals surface area contributed by atoms with E-state index in [0.717, 1.165) is 23.9 Å². The van der Waals surface area contributed by atoms with Gasteiger partial charge in [0, 0.05) is 23.4 Å². The Labute approximate surface area is 159 Å². The SMILES string of the molecule is O=C(/C=C/c1nc2ccccc2o1)Nc1cccc(-c2nnnn2C2CC2)c1. The minimum atomic E-state index is -0.277. The Hall–Kier alpha value is -3.81. The molecule has 2 heterocycles. The zero-order chi connectivity index (χ0) is 18.9. The van der Waals surface area contributed by atoms with Gasteiger partial charge in [0.2, 0.25) is 11.8 Å². The molecule has 1 amide bonds. The van der Waals surface area contributed by atoms with Crippen molar-refractivity contribution in [1.29, 1.82) is 0 Å². The van der Waals surface area contributed by atoms with E-state index >= 15 is 0 Å². The van der Waals surface area contributed by atoms with Crippen LogP contribution in [0, 0.1) is 0 Å². The highest BCUT2D eigenvalue weighted by Gasteiger charge is 2.28. The molecule has 8 nitrogen and oxygen atoms in total. The van der Waals surface area contributed by atoms with Crippen LogP contribution in [0.5, 0.6) is 0 Å². The summed E-state index contributed by atoms with van der Waals surface area (Å²) in [6.45, 7) is 0. The first kappa shape index (κ1) is 16.4. The van der Waals surface area contributed by atoms with Crippen molar-refractivity contribution in [2.75, 3.05) is 5.32 Å². The summed E-state index contributed by atoms with van der Waals surface area (Å²) in [6.07, 6.45) is 5.13. The molecule has 2 aromatic carbocycles. The molecule has 1 aliphatic carbocycles. The van der Waals surface area contributed by atoms with Gasteiger partial charge in [0.1, 0.15) is 5.52 Å². The van der Waals surface area contributed by atoms with Gasteiger partial charge in [-0.25, -0.2) is 9.67 Å². The molecule has 1 fully saturated rings. The van der Waals surface area contributed by atoms with Crippen LogP contribution >= 0.6 is 0 Å². The number of tetrazole rings is 1. The number of carbonyl (C=O) groups is 1. The van der Waals surface area contributed by atoms with Gasteiger partial charge < -0.3 is 9.73 Å². The van der Waals surface area contributed by atoms with Crippen molar-refractivity contribution in [3.8, 4) is 11.4 Å². The Morgan fingerprint density at radius 1 is 1.18 bits per heavy atom. The normalized spacial score (nSPS) is 14.0. The first-order valence-electron chi connectivity index (χ1n) is 8.99. The molecule has 1 N–H and O–H groups in total. The molecule has 4 aromatic rings. The molecule has 138 valence electrons. The third-order valence-electron chi connectivity index (χ3n) is 4.46. The zero-order valence-corrected chi connectivity index (χ0v) is 14.8. The van der Waals surface area contributed by atoms with Gasteiger partial charge in [0.25, 0.3) is 0 Å². The molecule has 8 heteroatoms. The minimum Gasteiger partial charge on any atom is -0.437 e. The lowest BCUT2D eigenvalue weighted by Crippen LogP contribution is -2.08. The van der Waals surface area contributed by atoms with Gasteiger partial charge in [-0.1, -0.05) is 24.3 Å². The number of oxazole rings is 1. The lowest BCUT2D eigenvalue weighted by molar-refractivity contribution is -0.111. The van der Waals surface area contributed by atoms with Crippen LogP contribution in [0.3, 0.4) is 0 Å². The molecule has 0 radical (unpaired) electrons. The molecule has 0 bridgehead atoms. The summed E-state index contributed by atoms with van der Waals surface area (Å²) >= 11 is 0. The van der Waals surface area contributed by atoms with E-state index in [2.05, 4.69) is 25.8 Å². The van der Waals surface area contributed by atoms with E-state index in [1.807, 2.05) is 53.2 Å². The zero-order valence-electron chi connectivity index (χ0n) is 14.8. The topological polar surface area (TPSA) is 98.7 Å². The fourth-order valence-corrected chi connectivity index (χ4v) is 2.98. The van der Waals surface area contributed by atoms with Crippen molar-refractivity contribution in [1.82, 2.24) is 25.2 Å². The summed E-state index contributed by atoms with van der Waals surface area (Å²) in [5.74, 6) is 0.815. The number of fused-ring (bicyclic) bond motifs is 1. The van der Waals surface area contributed by atoms with Crippen molar-refractivity contribution in [2.24, 2.45) is 0 Å². The van der Waals surface area contributed by atoms with Gasteiger partial charge in [-0.05, 0) is 47.5 Å². The number of para-hydroxylation sites is 2. The lowest BCUT2D eigenvalue weighted by atomic mass is 10.2. The number of nitrogens with zero attached hydrogens (tertiary/aromatic N) is 5. The highest BCUT2D eigenvalue weighted by Crippen LogP contribution is 2.36. The summed E-state index contributed by atoms with van der Waals surface area (Å²) < 4.78 is 7.42. The van der Waals surface area contributed by atoms with E-state index in [0.29, 0.717) is 29.0 Å². The number of carbonyl (C=O) groups excluding carboxylic acids is 1. The predicted octanol–water partition coefficient (Wildman–Crippen LogP) is 3.47. The van der Waals surface area contributed by atoms with E-state index in [9.17, 15) is 4.79 Å². The van der Waals surface area contributed by atoms with Crippen molar-refractivity contribution >= 4 is 28.8 Å². The van der Waals surface area contributed by atoms with Crippen molar-refractivity contribution in [3.05, 3.63) is 60.5 Å². The molecular formula is C20H16N6O2. The number of benzene rings is 2. The lowest BCUT2D eigenvalue weighted by Gasteiger charge is -2.06. The van der Waals surface area contributed by atoms with Gasteiger partial charge in [-0.15, -0.1) is 5.10 Å². The van der Waals surface area contributed by atoms with Crippen LogP contribution in [-0.4, -0.2) is 31.1 Å². The van der Waals surface area contributed by atoms with Crippen LogP contribution in [-0.2, 0) is 4.79 Å². The summed E-state index contributed by atoms with van der Waals surface area (Å²) in [6, 6.07) is 15.3. The molecule has 1 saturated carbocycles. The second-order valence-corrected chi connectivity index (χ2v) is 6.60. The van der Waals surface area contributed by atoms with E-state index in [1.165, 1.54) is 6.08 Å². The van der Waals surface area contributed by atoms with E-state index < -0.39 is 0 Å². The molecule has 5 rings (SSSR count). The standard InChI is InChI=1S/C20H16N6O2/c27-18(10-11-19-22-16-6-1-2-7-17(16)28-19)21-14-5-3-4-13(12-14)20-23-24-25-26(20)15-8-9-15/h1-7,10-12,15H,8-9H2,(H,21,27)/b11-10+. The number of nitrogens with one attached hydrogen (secondary N) is 1. The fraction of sp³-hybridized carbons (Fsp3) is 0.150. The fourth-order valence-electron chi connectivity index (χ4n) is 2.98. The minimum absolute atomic E-state index is 0.277. The number of rotatable bonds is 5.